The summed E-state index contributed by atoms with van der Waals surface area (Å²) >= 11 is 18.0. The van der Waals surface area contributed by atoms with Crippen molar-refractivity contribution in [2.75, 3.05) is 18.1 Å². The van der Waals surface area contributed by atoms with Crippen LogP contribution in [0.5, 0.6) is 0 Å². The molecular weight excluding hydrogens is 555 g/mol. The monoisotopic (exact) mass is 576 g/mol. The Morgan fingerprint density at radius 3 is 2.47 bits per heavy atom. The van der Waals surface area contributed by atoms with Gasteiger partial charge in [0.2, 0.25) is 0 Å². The number of hydrogen-bond donors (Lipinski definition) is 1. The average molecular weight is 578 g/mol. The average Bonchev–Trinajstić information content (AvgIpc) is 3.44. The van der Waals surface area contributed by atoms with Gasteiger partial charge in [0.15, 0.2) is 0 Å². The van der Waals surface area contributed by atoms with E-state index in [4.69, 9.17) is 28.3 Å². The first kappa shape index (κ1) is 23.8. The van der Waals surface area contributed by atoms with Crippen molar-refractivity contribution in [3.8, 4) is 0 Å². The number of carbonyl (C=O) groups excluding carboxylic acids is 1. The van der Waals surface area contributed by atoms with Crippen LogP contribution in [0.1, 0.15) is 41.7 Å². The van der Waals surface area contributed by atoms with E-state index >= 15 is 0 Å². The molecule has 9 heteroatoms. The van der Waals surface area contributed by atoms with Crippen LogP contribution in [0.25, 0.3) is 0 Å². The molecule has 5 nitrogen and oxygen atoms in total. The topological polar surface area (TPSA) is 47.9 Å². The largest absolute Gasteiger partial charge is 0.284 e. The molecule has 34 heavy (non-hydrogen) atoms. The Kier molecular flexibility index (Phi) is 7.27. The summed E-state index contributed by atoms with van der Waals surface area (Å²) in [6.45, 7) is 1.70. The zero-order valence-electron chi connectivity index (χ0n) is 18.3. The molecule has 0 unspecified atom stereocenters. The fraction of sp³-hybridized carbons (Fsp3) is 0.280. The number of hydrogen-bond acceptors (Lipinski definition) is 5. The quantitative estimate of drug-likeness (QED) is 0.354. The number of benzene rings is 2. The molecule has 3 heterocycles. The summed E-state index contributed by atoms with van der Waals surface area (Å²) in [6.07, 6.45) is 3.35. The Bertz CT molecular complexity index is 1210. The van der Waals surface area contributed by atoms with Gasteiger partial charge >= 0.3 is 0 Å². The number of rotatable bonds is 5. The fourth-order valence-corrected chi connectivity index (χ4v) is 6.61. The van der Waals surface area contributed by atoms with Crippen molar-refractivity contribution in [2.45, 2.75) is 31.2 Å². The molecular formula is C25H23BrCl2N4OS. The van der Waals surface area contributed by atoms with Gasteiger partial charge in [-0.2, -0.15) is 5.10 Å². The summed E-state index contributed by atoms with van der Waals surface area (Å²) in [7, 11) is 0. The number of carbonyl (C=O) groups is 1. The van der Waals surface area contributed by atoms with Crippen molar-refractivity contribution in [3.05, 3.63) is 84.9 Å². The van der Waals surface area contributed by atoms with Crippen LogP contribution in [0.4, 0.5) is 5.69 Å². The molecule has 0 bridgehead atoms. The lowest BCUT2D eigenvalue weighted by Gasteiger charge is -2.29. The minimum absolute atomic E-state index is 0.177. The molecule has 1 fully saturated rings. The summed E-state index contributed by atoms with van der Waals surface area (Å²) in [4.78, 5) is 14.7. The van der Waals surface area contributed by atoms with Crippen LogP contribution in [0, 0.1) is 0 Å². The van der Waals surface area contributed by atoms with E-state index in [0.29, 0.717) is 21.4 Å². The van der Waals surface area contributed by atoms with Crippen LogP contribution < -0.4 is 10.4 Å². The van der Waals surface area contributed by atoms with E-state index in [1.165, 1.54) is 6.42 Å². The van der Waals surface area contributed by atoms with Crippen LogP contribution in [-0.2, 0) is 4.79 Å². The summed E-state index contributed by atoms with van der Waals surface area (Å²) in [5, 5.41) is 9.83. The molecule has 2 aliphatic heterocycles. The lowest BCUT2D eigenvalue weighted by molar-refractivity contribution is -0.119. The first-order chi connectivity index (χ1) is 16.5. The fourth-order valence-electron chi connectivity index (χ4n) is 4.57. The van der Waals surface area contributed by atoms with E-state index in [0.717, 1.165) is 40.2 Å². The summed E-state index contributed by atoms with van der Waals surface area (Å²) < 4.78 is 1.02. The molecule has 0 saturated carbocycles. The number of piperidine rings is 1. The van der Waals surface area contributed by atoms with E-state index in [1.54, 1.807) is 23.5 Å². The number of hydrazone groups is 1. The van der Waals surface area contributed by atoms with Crippen molar-refractivity contribution in [3.63, 3.8) is 0 Å². The standard InChI is InChI=1S/C25H23BrCl2N4OS/c26-21-12-11-20(34-21)24-22(16-7-3-1-4-8-16)23(25(33)30-31-13-5-2-6-14-31)29-32(24)19-10-9-17(27)15-18(19)28/h1,3-4,7-12,15,22,24H,2,5-6,13-14H2,(H,30,33)/t22-,24+/m0/s1. The predicted molar refractivity (Wildman–Crippen MR) is 144 cm³/mol. The van der Waals surface area contributed by atoms with Crippen LogP contribution in [0.3, 0.4) is 0 Å². The number of halogens is 3. The molecule has 2 aliphatic rings. The van der Waals surface area contributed by atoms with Gasteiger partial charge in [0.1, 0.15) is 5.71 Å². The number of nitrogens with one attached hydrogen (secondary N) is 1. The molecule has 1 saturated heterocycles. The third-order valence-corrected chi connectivity index (χ3v) is 8.37. The molecule has 1 N–H and O–H groups in total. The maximum Gasteiger partial charge on any atom is 0.282 e. The zero-order chi connectivity index (χ0) is 23.7. The van der Waals surface area contributed by atoms with Crippen molar-refractivity contribution >= 4 is 67.8 Å². The minimum Gasteiger partial charge on any atom is -0.284 e. The highest BCUT2D eigenvalue weighted by Crippen LogP contribution is 2.48. The van der Waals surface area contributed by atoms with Crippen LogP contribution in [-0.4, -0.2) is 29.7 Å². The molecule has 0 spiro atoms. The molecule has 2 aromatic carbocycles. The molecule has 1 aromatic heterocycles. The van der Waals surface area contributed by atoms with Gasteiger partial charge in [-0.15, -0.1) is 11.3 Å². The van der Waals surface area contributed by atoms with E-state index < -0.39 is 0 Å². The molecule has 5 rings (SSSR count). The molecule has 2 atom stereocenters. The Balaban J connectivity index is 1.61. The highest BCUT2D eigenvalue weighted by Gasteiger charge is 2.44. The first-order valence-electron chi connectivity index (χ1n) is 11.2. The second-order valence-corrected chi connectivity index (χ2v) is 11.7. The number of thiophene rings is 1. The smallest absolute Gasteiger partial charge is 0.282 e. The Labute approximate surface area is 221 Å². The van der Waals surface area contributed by atoms with Gasteiger partial charge in [-0.25, -0.2) is 5.01 Å². The van der Waals surface area contributed by atoms with Gasteiger partial charge in [0.05, 0.1) is 26.5 Å². The van der Waals surface area contributed by atoms with Gasteiger partial charge in [-0.3, -0.25) is 15.2 Å². The normalized spacial score (nSPS) is 20.9. The third-order valence-electron chi connectivity index (χ3n) is 6.14. The summed E-state index contributed by atoms with van der Waals surface area (Å²) in [5.41, 5.74) is 5.32. The van der Waals surface area contributed by atoms with Crippen LogP contribution in [0.15, 0.2) is 69.6 Å². The number of nitrogens with zero attached hydrogens (tertiary/aromatic N) is 3. The van der Waals surface area contributed by atoms with Crippen molar-refractivity contribution in [1.82, 2.24) is 10.4 Å². The first-order valence-corrected chi connectivity index (χ1v) is 13.6. The molecule has 3 aromatic rings. The Morgan fingerprint density at radius 1 is 1.03 bits per heavy atom. The second kappa shape index (κ2) is 10.4. The molecule has 0 aliphatic carbocycles. The molecule has 0 radical (unpaired) electrons. The van der Waals surface area contributed by atoms with Crippen LogP contribution >= 0.6 is 50.5 Å². The Morgan fingerprint density at radius 2 is 1.79 bits per heavy atom. The van der Waals surface area contributed by atoms with E-state index in [9.17, 15) is 4.79 Å². The van der Waals surface area contributed by atoms with Gasteiger partial charge in [-0.1, -0.05) is 60.0 Å². The number of hydrazine groups is 1. The minimum atomic E-state index is -0.275. The van der Waals surface area contributed by atoms with E-state index in [2.05, 4.69) is 39.6 Å². The zero-order valence-corrected chi connectivity index (χ0v) is 22.2. The predicted octanol–water partition coefficient (Wildman–Crippen LogP) is 7.04. The lowest BCUT2D eigenvalue weighted by atomic mass is 9.86. The molecule has 176 valence electrons. The van der Waals surface area contributed by atoms with Gasteiger partial charge in [0, 0.05) is 23.0 Å². The number of amides is 1. The molecule has 1 amide bonds. The highest BCUT2D eigenvalue weighted by molar-refractivity contribution is 9.11. The van der Waals surface area contributed by atoms with Crippen molar-refractivity contribution < 1.29 is 4.79 Å². The van der Waals surface area contributed by atoms with Gasteiger partial charge in [-0.05, 0) is 64.7 Å². The SMILES string of the molecule is O=C(NN1CCCCC1)C1=NN(c2ccc(Cl)cc2Cl)[C@H](c2ccc(Br)s2)[C@H]1c1ccccc1. The van der Waals surface area contributed by atoms with Gasteiger partial charge < -0.3 is 0 Å². The maximum atomic E-state index is 13.6. The third kappa shape index (κ3) is 4.90. The Hall–Kier alpha value is -1.90. The highest BCUT2D eigenvalue weighted by atomic mass is 79.9. The maximum absolute atomic E-state index is 13.6. The number of anilines is 1. The van der Waals surface area contributed by atoms with Crippen molar-refractivity contribution in [2.24, 2.45) is 5.10 Å². The second-order valence-electron chi connectivity index (χ2n) is 8.39. The lowest BCUT2D eigenvalue weighted by Crippen LogP contribution is -2.48. The summed E-state index contributed by atoms with van der Waals surface area (Å²) in [6, 6.07) is 19.3. The van der Waals surface area contributed by atoms with E-state index in [1.807, 2.05) is 40.3 Å². The summed E-state index contributed by atoms with van der Waals surface area (Å²) in [5.74, 6) is -0.452. The van der Waals surface area contributed by atoms with Crippen molar-refractivity contribution in [1.29, 1.82) is 0 Å². The van der Waals surface area contributed by atoms with E-state index in [-0.39, 0.29) is 17.9 Å². The van der Waals surface area contributed by atoms with Crippen LogP contribution in [0.2, 0.25) is 10.0 Å². The van der Waals surface area contributed by atoms with Gasteiger partial charge in [0.25, 0.3) is 5.91 Å².